The highest BCUT2D eigenvalue weighted by Gasteiger charge is 2.37. The fraction of sp³-hybridized carbons (Fsp3) is 0.600. The Labute approximate surface area is 320 Å². The highest BCUT2D eigenvalue weighted by Crippen LogP contribution is 2.40. The first-order valence-corrected chi connectivity index (χ1v) is 20.2. The van der Waals surface area contributed by atoms with Crippen LogP contribution in [0.2, 0.25) is 0 Å². The van der Waals surface area contributed by atoms with E-state index in [1.165, 1.54) is 57.8 Å². The lowest BCUT2D eigenvalue weighted by molar-refractivity contribution is -0.0397. The minimum absolute atomic E-state index is 0.426. The highest BCUT2D eigenvalue weighted by atomic mass is 16.6. The van der Waals surface area contributed by atoms with Gasteiger partial charge in [-0.1, -0.05) is 156 Å². The number of hydrogen-bond donors (Lipinski definition) is 0. The van der Waals surface area contributed by atoms with Crippen LogP contribution >= 0.6 is 0 Å². The van der Waals surface area contributed by atoms with E-state index in [-0.39, 0.29) is 0 Å². The van der Waals surface area contributed by atoms with E-state index in [0.29, 0.717) is 92.5 Å². The summed E-state index contributed by atoms with van der Waals surface area (Å²) < 4.78 is 46.3. The van der Waals surface area contributed by atoms with Crippen molar-refractivity contribution in [2.24, 2.45) is 0 Å². The Bertz CT molecular complexity index is 1100. The second-order valence-corrected chi connectivity index (χ2v) is 13.1. The molecule has 0 atom stereocenters. The minimum Gasteiger partial charge on any atom is -0.379 e. The second kappa shape index (κ2) is 31.7. The van der Waals surface area contributed by atoms with Gasteiger partial charge in [-0.2, -0.15) is 0 Å². The third-order valence-electron chi connectivity index (χ3n) is 8.96. The van der Waals surface area contributed by atoms with Crippen LogP contribution in [0.3, 0.4) is 0 Å². The van der Waals surface area contributed by atoms with Crippen molar-refractivity contribution >= 4 is 0 Å². The van der Waals surface area contributed by atoms with Crippen molar-refractivity contribution in [1.82, 2.24) is 0 Å². The molecule has 0 saturated heterocycles. The quantitative estimate of drug-likeness (QED) is 0.0433. The van der Waals surface area contributed by atoms with Gasteiger partial charge in [-0.05, 0) is 23.1 Å². The average molecular weight is 737 g/mol. The van der Waals surface area contributed by atoms with Crippen LogP contribution in [0, 0.1) is 0 Å². The standard InChI is InChI=1S/C45H68O8/c1-2-3-4-5-6-7-8-9-10-20-27-46-28-29-47-30-31-48-32-33-49-34-35-50-36-37-51-38-39-52-40-41-53-45(42-21-14-11-15-22-42,43-23-16-12-17-24-43)44-25-18-13-19-26-44/h11-19,21-26H,2-10,20,27-41H2,1H3. The van der Waals surface area contributed by atoms with E-state index < -0.39 is 5.60 Å². The fourth-order valence-corrected chi connectivity index (χ4v) is 6.14. The molecule has 296 valence electrons. The lowest BCUT2D eigenvalue weighted by Crippen LogP contribution is -2.34. The van der Waals surface area contributed by atoms with Crippen LogP contribution < -0.4 is 0 Å². The molecule has 0 aliphatic heterocycles. The highest BCUT2D eigenvalue weighted by molar-refractivity contribution is 5.47. The summed E-state index contributed by atoms with van der Waals surface area (Å²) in [6.45, 7) is 10.5. The minimum atomic E-state index is -0.742. The van der Waals surface area contributed by atoms with Crippen LogP contribution in [0.25, 0.3) is 0 Å². The molecular weight excluding hydrogens is 668 g/mol. The van der Waals surface area contributed by atoms with Crippen molar-refractivity contribution in [3.8, 4) is 0 Å². The van der Waals surface area contributed by atoms with Crippen molar-refractivity contribution < 1.29 is 37.9 Å². The SMILES string of the molecule is CCCCCCCCCCCCOCCOCCOCCOCCOCCOCCOCCOC(c1ccccc1)(c1ccccc1)c1ccccc1. The molecule has 0 N–H and O–H groups in total. The Balaban J connectivity index is 1.07. The molecule has 0 aliphatic carbocycles. The molecule has 0 aliphatic rings. The molecule has 3 rings (SSSR count). The van der Waals surface area contributed by atoms with Gasteiger partial charge in [0.2, 0.25) is 0 Å². The molecule has 0 radical (unpaired) electrons. The number of ether oxygens (including phenoxy) is 8. The van der Waals surface area contributed by atoms with Gasteiger partial charge in [-0.15, -0.1) is 0 Å². The maximum absolute atomic E-state index is 6.74. The van der Waals surface area contributed by atoms with Gasteiger partial charge in [0.25, 0.3) is 0 Å². The van der Waals surface area contributed by atoms with E-state index in [2.05, 4.69) is 79.7 Å². The number of hydrogen-bond acceptors (Lipinski definition) is 8. The van der Waals surface area contributed by atoms with Crippen molar-refractivity contribution in [2.45, 2.75) is 76.7 Å². The van der Waals surface area contributed by atoms with Crippen LogP contribution in [0.1, 0.15) is 87.8 Å². The molecular formula is C45H68O8. The van der Waals surface area contributed by atoms with Gasteiger partial charge in [-0.25, -0.2) is 0 Å². The van der Waals surface area contributed by atoms with Crippen molar-refractivity contribution in [3.05, 3.63) is 108 Å². The largest absolute Gasteiger partial charge is 0.379 e. The van der Waals surface area contributed by atoms with E-state index in [1.54, 1.807) is 0 Å². The first-order valence-electron chi connectivity index (χ1n) is 20.2. The molecule has 0 heterocycles. The summed E-state index contributed by atoms with van der Waals surface area (Å²) in [7, 11) is 0. The Morgan fingerprint density at radius 3 is 0.887 bits per heavy atom. The van der Waals surface area contributed by atoms with Gasteiger partial charge in [0.1, 0.15) is 5.60 Å². The summed E-state index contributed by atoms with van der Waals surface area (Å²) in [6.07, 6.45) is 13.4. The van der Waals surface area contributed by atoms with Crippen LogP contribution in [0.15, 0.2) is 91.0 Å². The number of unbranched alkanes of at least 4 members (excludes halogenated alkanes) is 9. The van der Waals surface area contributed by atoms with E-state index in [4.69, 9.17) is 37.9 Å². The van der Waals surface area contributed by atoms with E-state index in [0.717, 1.165) is 29.7 Å². The van der Waals surface area contributed by atoms with E-state index >= 15 is 0 Å². The zero-order chi connectivity index (χ0) is 37.2. The molecule has 0 saturated carbocycles. The maximum atomic E-state index is 6.74. The molecule has 3 aromatic rings. The molecule has 53 heavy (non-hydrogen) atoms. The fourth-order valence-electron chi connectivity index (χ4n) is 6.14. The van der Waals surface area contributed by atoms with Gasteiger partial charge in [0, 0.05) is 6.61 Å². The van der Waals surface area contributed by atoms with E-state index in [9.17, 15) is 0 Å². The third-order valence-corrected chi connectivity index (χ3v) is 8.96. The number of benzene rings is 3. The summed E-state index contributed by atoms with van der Waals surface area (Å²) in [5, 5.41) is 0. The maximum Gasteiger partial charge on any atom is 0.143 e. The molecule has 0 spiro atoms. The summed E-state index contributed by atoms with van der Waals surface area (Å²) >= 11 is 0. The lowest BCUT2D eigenvalue weighted by atomic mass is 9.80. The van der Waals surface area contributed by atoms with Crippen LogP contribution in [-0.2, 0) is 43.5 Å². The Morgan fingerprint density at radius 1 is 0.302 bits per heavy atom. The Hall–Kier alpha value is -2.66. The molecule has 0 amide bonds. The average Bonchev–Trinajstić information content (AvgIpc) is 3.21. The molecule has 0 fully saturated rings. The molecule has 3 aromatic carbocycles. The smallest absolute Gasteiger partial charge is 0.143 e. The van der Waals surface area contributed by atoms with Crippen LogP contribution in [-0.4, -0.2) is 99.1 Å². The van der Waals surface area contributed by atoms with Crippen LogP contribution in [0.4, 0.5) is 0 Å². The molecule has 8 nitrogen and oxygen atoms in total. The van der Waals surface area contributed by atoms with Crippen molar-refractivity contribution in [3.63, 3.8) is 0 Å². The summed E-state index contributed by atoms with van der Waals surface area (Å²) in [6, 6.07) is 31.1. The first-order chi connectivity index (χ1) is 26.4. The zero-order valence-corrected chi connectivity index (χ0v) is 32.6. The Kier molecular flexibility index (Phi) is 26.7. The van der Waals surface area contributed by atoms with Gasteiger partial charge in [0.05, 0.1) is 92.5 Å². The van der Waals surface area contributed by atoms with Crippen molar-refractivity contribution in [2.75, 3.05) is 99.1 Å². The third kappa shape index (κ3) is 20.0. The topological polar surface area (TPSA) is 73.8 Å². The number of rotatable bonds is 36. The van der Waals surface area contributed by atoms with E-state index in [1.807, 2.05) is 18.2 Å². The summed E-state index contributed by atoms with van der Waals surface area (Å²) in [5.41, 5.74) is 2.48. The predicted octanol–water partition coefficient (Wildman–Crippen LogP) is 9.03. The van der Waals surface area contributed by atoms with Crippen LogP contribution in [0.5, 0.6) is 0 Å². The molecule has 0 aromatic heterocycles. The lowest BCUT2D eigenvalue weighted by Gasteiger charge is -2.36. The van der Waals surface area contributed by atoms with Gasteiger partial charge < -0.3 is 37.9 Å². The van der Waals surface area contributed by atoms with Gasteiger partial charge >= 0.3 is 0 Å². The van der Waals surface area contributed by atoms with Gasteiger partial charge in [-0.3, -0.25) is 0 Å². The Morgan fingerprint density at radius 2 is 0.566 bits per heavy atom. The summed E-state index contributed by atoms with van der Waals surface area (Å²) in [4.78, 5) is 0. The predicted molar refractivity (Wildman–Crippen MR) is 213 cm³/mol. The van der Waals surface area contributed by atoms with Crippen molar-refractivity contribution in [1.29, 1.82) is 0 Å². The molecule has 0 bridgehead atoms. The summed E-state index contributed by atoms with van der Waals surface area (Å²) in [5.74, 6) is 0. The van der Waals surface area contributed by atoms with Gasteiger partial charge in [0.15, 0.2) is 0 Å². The monoisotopic (exact) mass is 736 g/mol. The molecule has 8 heteroatoms. The first kappa shape index (κ1) is 44.7. The zero-order valence-electron chi connectivity index (χ0n) is 32.6. The molecule has 0 unspecified atom stereocenters. The second-order valence-electron chi connectivity index (χ2n) is 13.1. The normalized spacial score (nSPS) is 11.7.